The van der Waals surface area contributed by atoms with Gasteiger partial charge in [0.25, 0.3) is 5.91 Å². The highest BCUT2D eigenvalue weighted by atomic mass is 28.3. The Kier molecular flexibility index (Phi) is 9.03. The Morgan fingerprint density at radius 1 is 1.17 bits per heavy atom. The number of fused-ring (bicyclic) bond motifs is 2. The number of benzene rings is 2. The van der Waals surface area contributed by atoms with Crippen molar-refractivity contribution in [3.8, 4) is 5.75 Å². The van der Waals surface area contributed by atoms with Crippen molar-refractivity contribution in [2.75, 3.05) is 36.6 Å². The predicted molar refractivity (Wildman–Crippen MR) is 183 cm³/mol. The molecule has 0 aliphatic carbocycles. The largest absolute Gasteiger partial charge is 0.497 e. The molecule has 4 aliphatic heterocycles. The first kappa shape index (κ1) is 33.9. The lowest BCUT2D eigenvalue weighted by Crippen LogP contribution is -2.55. The van der Waals surface area contributed by atoms with Crippen LogP contribution in [-0.2, 0) is 34.3 Å². The monoisotopic (exact) mass is 675 g/mol. The average Bonchev–Trinajstić information content (AvgIpc) is 3.71. The molecule has 11 nitrogen and oxygen atoms in total. The second-order valence-electron chi connectivity index (χ2n) is 13.9. The summed E-state index contributed by atoms with van der Waals surface area (Å²) in [5.41, 5.74) is 0.169. The van der Waals surface area contributed by atoms with Crippen LogP contribution in [0, 0.1) is 5.92 Å². The molecule has 1 unspecified atom stereocenters. The van der Waals surface area contributed by atoms with Crippen LogP contribution in [0.3, 0.4) is 0 Å². The highest BCUT2D eigenvalue weighted by Gasteiger charge is 2.66. The van der Waals surface area contributed by atoms with E-state index in [1.807, 2.05) is 31.2 Å². The summed E-state index contributed by atoms with van der Waals surface area (Å²) in [6.45, 7) is 12.5. The van der Waals surface area contributed by atoms with Crippen LogP contribution in [0.5, 0.6) is 5.75 Å². The third-order valence-electron chi connectivity index (χ3n) is 10.9. The minimum Gasteiger partial charge on any atom is -0.497 e. The fraction of sp³-hybridized carbons (Fsp3) is 0.500. The number of carbonyl (C=O) groups is 4. The van der Waals surface area contributed by atoms with Gasteiger partial charge in [0.1, 0.15) is 5.75 Å². The lowest BCUT2D eigenvalue weighted by molar-refractivity contribution is -0.154. The Hall–Kier alpha value is -4.00. The molecule has 4 aliphatic rings. The number of aliphatic hydroxyl groups excluding tert-OH is 1. The van der Waals surface area contributed by atoms with Gasteiger partial charge < -0.3 is 29.1 Å². The first-order chi connectivity index (χ1) is 22.9. The number of amides is 3. The van der Waals surface area contributed by atoms with Crippen LogP contribution in [0.1, 0.15) is 45.1 Å². The first-order valence-corrected chi connectivity index (χ1v) is 19.8. The van der Waals surface area contributed by atoms with E-state index in [1.165, 1.54) is 11.8 Å². The standard InChI is InChI=1S/C36H45N3O8Si/c1-7-16-38-29-15-10-24(39-32(43)20-33(39)46-23(3)41)18-28(29)36(35(38)44)22(2)34(48(5,6)27-13-11-26(45-4)12-14-27)30(47-36)19-31(42)37-17-8-9-25(37)21-40/h7,10-15,18,22,25,30,33-34,40H,1,8-9,16-17,19-21H2,2-6H3/t22-,25+,30+,33?,34-,36+/m1/s1. The molecule has 4 heterocycles. The number of carbonyl (C=O) groups excluding carboxylic acids is 4. The molecule has 0 bridgehead atoms. The summed E-state index contributed by atoms with van der Waals surface area (Å²) in [5, 5.41) is 11.1. The van der Waals surface area contributed by atoms with Gasteiger partial charge in [0, 0.05) is 37.2 Å². The van der Waals surface area contributed by atoms with E-state index in [-0.39, 0.29) is 61.2 Å². The van der Waals surface area contributed by atoms with Gasteiger partial charge in [-0.15, -0.1) is 6.58 Å². The topological polar surface area (TPSA) is 126 Å². The van der Waals surface area contributed by atoms with Crippen molar-refractivity contribution in [3.63, 3.8) is 0 Å². The van der Waals surface area contributed by atoms with Gasteiger partial charge in [-0.25, -0.2) is 0 Å². The van der Waals surface area contributed by atoms with Crippen molar-refractivity contribution in [3.05, 3.63) is 60.7 Å². The predicted octanol–water partition coefficient (Wildman–Crippen LogP) is 3.44. The van der Waals surface area contributed by atoms with Crippen LogP contribution in [-0.4, -0.2) is 87.0 Å². The van der Waals surface area contributed by atoms with Crippen molar-refractivity contribution in [1.82, 2.24) is 4.90 Å². The molecule has 0 saturated carbocycles. The molecule has 3 fully saturated rings. The van der Waals surface area contributed by atoms with Gasteiger partial charge >= 0.3 is 5.97 Å². The molecule has 2 aromatic carbocycles. The summed E-state index contributed by atoms with van der Waals surface area (Å²) in [7, 11) is -0.882. The van der Waals surface area contributed by atoms with E-state index in [4.69, 9.17) is 14.2 Å². The molecule has 0 radical (unpaired) electrons. The molecule has 1 spiro atoms. The molecule has 6 rings (SSSR count). The summed E-state index contributed by atoms with van der Waals surface area (Å²) >= 11 is 0. The molecule has 3 amide bonds. The molecule has 48 heavy (non-hydrogen) atoms. The van der Waals surface area contributed by atoms with E-state index in [9.17, 15) is 24.3 Å². The van der Waals surface area contributed by atoms with Crippen LogP contribution in [0.4, 0.5) is 11.4 Å². The van der Waals surface area contributed by atoms with Gasteiger partial charge in [-0.2, -0.15) is 0 Å². The highest BCUT2D eigenvalue weighted by molar-refractivity contribution is 6.91. The Morgan fingerprint density at radius 2 is 1.90 bits per heavy atom. The quantitative estimate of drug-likeness (QED) is 0.176. The fourth-order valence-electron chi connectivity index (χ4n) is 8.59. The minimum atomic E-state index is -2.51. The Bertz CT molecular complexity index is 1630. The van der Waals surface area contributed by atoms with Crippen LogP contribution < -0.4 is 19.7 Å². The number of esters is 1. The van der Waals surface area contributed by atoms with E-state index in [0.717, 1.165) is 23.8 Å². The molecular formula is C36H45N3O8Si. The molecule has 1 N–H and O–H groups in total. The lowest BCUT2D eigenvalue weighted by Gasteiger charge is -2.39. The van der Waals surface area contributed by atoms with E-state index in [1.54, 1.807) is 29.1 Å². The number of hydrogen-bond donors (Lipinski definition) is 1. The molecular weight excluding hydrogens is 630 g/mol. The number of ether oxygens (including phenoxy) is 3. The summed E-state index contributed by atoms with van der Waals surface area (Å²) in [4.78, 5) is 58.2. The van der Waals surface area contributed by atoms with E-state index in [0.29, 0.717) is 23.5 Å². The Labute approximate surface area is 282 Å². The normalized spacial score (nSPS) is 28.1. The number of aliphatic hydroxyl groups is 1. The van der Waals surface area contributed by atoms with E-state index >= 15 is 0 Å². The Morgan fingerprint density at radius 3 is 2.52 bits per heavy atom. The lowest BCUT2D eigenvalue weighted by atomic mass is 9.82. The third kappa shape index (κ3) is 5.34. The van der Waals surface area contributed by atoms with Crippen LogP contribution in [0.25, 0.3) is 0 Å². The number of anilines is 2. The second-order valence-corrected chi connectivity index (χ2v) is 18.6. The highest BCUT2D eigenvalue weighted by Crippen LogP contribution is 2.60. The van der Waals surface area contributed by atoms with Crippen LogP contribution in [0.2, 0.25) is 18.6 Å². The van der Waals surface area contributed by atoms with Crippen molar-refractivity contribution in [2.45, 2.75) is 82.1 Å². The summed E-state index contributed by atoms with van der Waals surface area (Å²) in [6.07, 6.45) is 2.07. The van der Waals surface area contributed by atoms with Gasteiger partial charge in [0.15, 0.2) is 11.8 Å². The number of β-lactam (4-membered cyclic amide) rings is 1. The number of hydrogen-bond acceptors (Lipinski definition) is 8. The second kappa shape index (κ2) is 12.8. The molecule has 2 aromatic rings. The maximum atomic E-state index is 14.8. The van der Waals surface area contributed by atoms with Gasteiger partial charge in [-0.05, 0) is 48.7 Å². The first-order valence-electron chi connectivity index (χ1n) is 16.7. The minimum absolute atomic E-state index is 0.0722. The maximum Gasteiger partial charge on any atom is 0.304 e. The van der Waals surface area contributed by atoms with Gasteiger partial charge in [0.05, 0.1) is 52.5 Å². The molecule has 256 valence electrons. The van der Waals surface area contributed by atoms with Gasteiger partial charge in [-0.3, -0.25) is 24.1 Å². The summed E-state index contributed by atoms with van der Waals surface area (Å²) in [6, 6.07) is 13.2. The summed E-state index contributed by atoms with van der Waals surface area (Å²) < 4.78 is 17.9. The van der Waals surface area contributed by atoms with E-state index in [2.05, 4.69) is 31.8 Å². The zero-order valence-electron chi connectivity index (χ0n) is 28.3. The zero-order valence-corrected chi connectivity index (χ0v) is 29.3. The van der Waals surface area contributed by atoms with Crippen LogP contribution in [0.15, 0.2) is 55.1 Å². The van der Waals surface area contributed by atoms with Crippen molar-refractivity contribution in [1.29, 1.82) is 0 Å². The number of likely N-dealkylation sites (tertiary alicyclic amines) is 1. The Balaban J connectivity index is 1.46. The van der Waals surface area contributed by atoms with Crippen LogP contribution >= 0.6 is 0 Å². The zero-order chi connectivity index (χ0) is 34.5. The SMILES string of the molecule is C=CCN1C(=O)[C@@]2(O[C@@H](CC(=O)N3CCC[C@H]3CO)[C@H]([Si](C)(C)c3ccc(OC)cc3)[C@H]2C)c2cc(N3C(=O)CC3OC(C)=O)ccc21. The number of nitrogens with zero attached hydrogens (tertiary/aromatic N) is 3. The molecule has 0 aromatic heterocycles. The van der Waals surface area contributed by atoms with Gasteiger partial charge in [-0.1, -0.05) is 43.4 Å². The summed E-state index contributed by atoms with van der Waals surface area (Å²) in [5.74, 6) is -0.629. The van der Waals surface area contributed by atoms with Crippen molar-refractivity contribution in [2.24, 2.45) is 5.92 Å². The van der Waals surface area contributed by atoms with Gasteiger partial charge in [0.2, 0.25) is 11.8 Å². The molecule has 6 atom stereocenters. The third-order valence-corrected chi connectivity index (χ3v) is 15.3. The molecule has 12 heteroatoms. The molecule has 3 saturated heterocycles. The maximum absolute atomic E-state index is 14.8. The number of rotatable bonds is 10. The average molecular weight is 676 g/mol. The van der Waals surface area contributed by atoms with E-state index < -0.39 is 32.0 Å². The fourth-order valence-corrected chi connectivity index (χ4v) is 12.6. The smallest absolute Gasteiger partial charge is 0.304 e. The number of methoxy groups -OCH3 is 1. The van der Waals surface area contributed by atoms with Crippen molar-refractivity contribution >= 4 is 48.3 Å². The van der Waals surface area contributed by atoms with Crippen molar-refractivity contribution < 1.29 is 38.5 Å².